The third kappa shape index (κ3) is 3.12. The lowest BCUT2D eigenvalue weighted by molar-refractivity contribution is 0.100. The Labute approximate surface area is 147 Å². The molecule has 1 aromatic heterocycles. The number of nitrogens with zero attached hydrogens (tertiary/aromatic N) is 1. The maximum Gasteiger partial charge on any atom is 0.250 e. The van der Waals surface area contributed by atoms with Crippen LogP contribution in [0.4, 0.5) is 5.69 Å². The van der Waals surface area contributed by atoms with Crippen LogP contribution >= 0.6 is 0 Å². The molecule has 0 aliphatic carbocycles. The van der Waals surface area contributed by atoms with Gasteiger partial charge in [-0.1, -0.05) is 30.3 Å². The van der Waals surface area contributed by atoms with Crippen molar-refractivity contribution >= 4 is 22.5 Å². The van der Waals surface area contributed by atoms with Crippen LogP contribution in [-0.2, 0) is 6.42 Å². The van der Waals surface area contributed by atoms with Gasteiger partial charge in [0.15, 0.2) is 0 Å². The number of piperidine rings is 1. The Morgan fingerprint density at radius 3 is 2.60 bits per heavy atom. The second kappa shape index (κ2) is 6.63. The van der Waals surface area contributed by atoms with Crippen molar-refractivity contribution in [2.24, 2.45) is 5.73 Å². The van der Waals surface area contributed by atoms with E-state index in [1.165, 1.54) is 24.6 Å². The van der Waals surface area contributed by atoms with Gasteiger partial charge in [-0.25, -0.2) is 0 Å². The van der Waals surface area contributed by atoms with Crippen LogP contribution in [0.25, 0.3) is 10.9 Å². The number of hydrogen-bond acceptors (Lipinski definition) is 2. The number of primary amides is 1. The van der Waals surface area contributed by atoms with Gasteiger partial charge in [-0.15, -0.1) is 0 Å². The van der Waals surface area contributed by atoms with Crippen LogP contribution in [-0.4, -0.2) is 24.0 Å². The van der Waals surface area contributed by atoms with E-state index >= 15 is 0 Å². The first-order valence-electron chi connectivity index (χ1n) is 8.95. The summed E-state index contributed by atoms with van der Waals surface area (Å²) in [5, 5.41) is 1.21. The molecule has 128 valence electrons. The highest BCUT2D eigenvalue weighted by Crippen LogP contribution is 2.30. The number of aromatic amines is 1. The second-order valence-corrected chi connectivity index (χ2v) is 6.78. The molecule has 4 nitrogen and oxygen atoms in total. The van der Waals surface area contributed by atoms with E-state index in [1.54, 1.807) is 0 Å². The summed E-state index contributed by atoms with van der Waals surface area (Å²) < 4.78 is 0. The first-order valence-corrected chi connectivity index (χ1v) is 8.95. The minimum Gasteiger partial charge on any atom is -0.371 e. The Hall–Kier alpha value is -2.75. The van der Waals surface area contributed by atoms with Crippen molar-refractivity contribution < 1.29 is 4.79 Å². The number of nitrogens with one attached hydrogen (secondary N) is 1. The molecule has 3 N–H and O–H groups in total. The summed E-state index contributed by atoms with van der Waals surface area (Å²) in [7, 11) is 0. The molecule has 2 aromatic carbocycles. The number of fused-ring (bicyclic) bond motifs is 1. The van der Waals surface area contributed by atoms with Crippen molar-refractivity contribution in [3.05, 3.63) is 65.4 Å². The predicted octanol–water partition coefficient (Wildman–Crippen LogP) is 3.85. The van der Waals surface area contributed by atoms with Gasteiger partial charge in [0.1, 0.15) is 0 Å². The molecule has 1 amide bonds. The van der Waals surface area contributed by atoms with Gasteiger partial charge in [0.2, 0.25) is 0 Å². The summed E-state index contributed by atoms with van der Waals surface area (Å²) >= 11 is 0. The molecule has 2 heterocycles. The van der Waals surface area contributed by atoms with E-state index in [2.05, 4.69) is 34.1 Å². The highest BCUT2D eigenvalue weighted by molar-refractivity contribution is 5.99. The van der Waals surface area contributed by atoms with Gasteiger partial charge in [-0.05, 0) is 48.4 Å². The lowest BCUT2D eigenvalue weighted by Crippen LogP contribution is -2.32. The standard InChI is InChI=1S/C21H23N3O/c22-21(25)18-9-6-8-16(20(18)24-11-4-1-5-12-24)14-17-13-15-7-2-3-10-19(15)23-17/h2-3,6-10,13,23H,1,4-5,11-12,14H2,(H2,22,25). The van der Waals surface area contributed by atoms with Crippen LogP contribution in [0.15, 0.2) is 48.5 Å². The number of hydrogen-bond donors (Lipinski definition) is 2. The first kappa shape index (κ1) is 15.8. The lowest BCUT2D eigenvalue weighted by atomic mass is 9.99. The topological polar surface area (TPSA) is 62.1 Å². The molecule has 0 bridgehead atoms. The number of amides is 1. The third-order valence-electron chi connectivity index (χ3n) is 5.02. The molecule has 1 aliphatic rings. The number of carbonyl (C=O) groups excluding carboxylic acids is 1. The first-order chi connectivity index (χ1) is 12.2. The normalized spacial score (nSPS) is 14.8. The molecule has 0 saturated carbocycles. The largest absolute Gasteiger partial charge is 0.371 e. The molecule has 25 heavy (non-hydrogen) atoms. The molecule has 1 aliphatic heterocycles. The van der Waals surface area contributed by atoms with E-state index in [9.17, 15) is 4.79 Å². The number of rotatable bonds is 4. The predicted molar refractivity (Wildman–Crippen MR) is 102 cm³/mol. The molecular formula is C21H23N3O. The maximum atomic E-state index is 12.0. The highest BCUT2D eigenvalue weighted by atomic mass is 16.1. The van der Waals surface area contributed by atoms with Crippen molar-refractivity contribution in [2.45, 2.75) is 25.7 Å². The minimum atomic E-state index is -0.348. The van der Waals surface area contributed by atoms with Crippen molar-refractivity contribution in [1.29, 1.82) is 0 Å². The number of H-pyrrole nitrogens is 1. The lowest BCUT2D eigenvalue weighted by Gasteiger charge is -2.32. The summed E-state index contributed by atoms with van der Waals surface area (Å²) in [5.41, 5.74) is 10.8. The van der Waals surface area contributed by atoms with E-state index in [1.807, 2.05) is 24.3 Å². The maximum absolute atomic E-state index is 12.0. The van der Waals surface area contributed by atoms with Crippen LogP contribution in [0.1, 0.15) is 40.9 Å². The zero-order chi connectivity index (χ0) is 17.2. The number of carbonyl (C=O) groups is 1. The van der Waals surface area contributed by atoms with Gasteiger partial charge < -0.3 is 15.6 Å². The van der Waals surface area contributed by atoms with Gasteiger partial charge in [0, 0.05) is 30.7 Å². The zero-order valence-electron chi connectivity index (χ0n) is 14.3. The number of para-hydroxylation sites is 2. The molecule has 1 saturated heterocycles. The van der Waals surface area contributed by atoms with Crippen molar-refractivity contribution in [3.63, 3.8) is 0 Å². The minimum absolute atomic E-state index is 0.348. The Kier molecular flexibility index (Phi) is 4.18. The van der Waals surface area contributed by atoms with Gasteiger partial charge in [0.05, 0.1) is 11.3 Å². The summed E-state index contributed by atoms with van der Waals surface area (Å²) in [5.74, 6) is -0.348. The van der Waals surface area contributed by atoms with Gasteiger partial charge >= 0.3 is 0 Å². The fourth-order valence-corrected chi connectivity index (χ4v) is 3.86. The summed E-state index contributed by atoms with van der Waals surface area (Å²) in [6, 6.07) is 16.4. The average molecular weight is 333 g/mol. The van der Waals surface area contributed by atoms with Crippen LogP contribution in [0.3, 0.4) is 0 Å². The Bertz CT molecular complexity index is 873. The highest BCUT2D eigenvalue weighted by Gasteiger charge is 2.21. The smallest absolute Gasteiger partial charge is 0.250 e. The average Bonchev–Trinajstić information content (AvgIpc) is 3.04. The molecular weight excluding hydrogens is 310 g/mol. The molecule has 4 heteroatoms. The van der Waals surface area contributed by atoms with Crippen LogP contribution in [0, 0.1) is 0 Å². The van der Waals surface area contributed by atoms with E-state index in [0.29, 0.717) is 5.56 Å². The molecule has 0 spiro atoms. The fourth-order valence-electron chi connectivity index (χ4n) is 3.86. The van der Waals surface area contributed by atoms with Gasteiger partial charge in [0.25, 0.3) is 5.91 Å². The zero-order valence-corrected chi connectivity index (χ0v) is 14.3. The molecule has 0 atom stereocenters. The van der Waals surface area contributed by atoms with E-state index in [4.69, 9.17) is 5.73 Å². The Morgan fingerprint density at radius 2 is 1.84 bits per heavy atom. The van der Waals surface area contributed by atoms with Crippen LogP contribution in [0.5, 0.6) is 0 Å². The van der Waals surface area contributed by atoms with Crippen LogP contribution in [0.2, 0.25) is 0 Å². The van der Waals surface area contributed by atoms with Gasteiger partial charge in [-0.2, -0.15) is 0 Å². The molecule has 1 fully saturated rings. The van der Waals surface area contributed by atoms with Crippen molar-refractivity contribution in [1.82, 2.24) is 4.98 Å². The number of aromatic nitrogens is 1. The van der Waals surface area contributed by atoms with Crippen molar-refractivity contribution in [3.8, 4) is 0 Å². The summed E-state index contributed by atoms with van der Waals surface area (Å²) in [4.78, 5) is 17.8. The summed E-state index contributed by atoms with van der Waals surface area (Å²) in [6.45, 7) is 1.98. The second-order valence-electron chi connectivity index (χ2n) is 6.78. The third-order valence-corrected chi connectivity index (χ3v) is 5.02. The van der Waals surface area contributed by atoms with Crippen molar-refractivity contribution in [2.75, 3.05) is 18.0 Å². The van der Waals surface area contributed by atoms with Gasteiger partial charge in [-0.3, -0.25) is 4.79 Å². The van der Waals surface area contributed by atoms with E-state index in [-0.39, 0.29) is 5.91 Å². The molecule has 0 radical (unpaired) electrons. The van der Waals surface area contributed by atoms with E-state index < -0.39 is 0 Å². The number of nitrogens with two attached hydrogens (primary N) is 1. The quantitative estimate of drug-likeness (QED) is 0.762. The van der Waals surface area contributed by atoms with E-state index in [0.717, 1.165) is 42.0 Å². The Balaban J connectivity index is 1.75. The van der Waals surface area contributed by atoms with Crippen LogP contribution < -0.4 is 10.6 Å². The molecule has 0 unspecified atom stereocenters. The molecule has 4 rings (SSSR count). The summed E-state index contributed by atoms with van der Waals surface area (Å²) in [6.07, 6.45) is 4.35. The monoisotopic (exact) mass is 333 g/mol. The SMILES string of the molecule is NC(=O)c1cccc(Cc2cc3ccccc3[nH]2)c1N1CCCCC1. The number of benzene rings is 2. The fraction of sp³-hybridized carbons (Fsp3) is 0.286. The number of anilines is 1. The Morgan fingerprint density at radius 1 is 1.04 bits per heavy atom. The molecule has 3 aromatic rings.